The Morgan fingerprint density at radius 2 is 2.19 bits per heavy atom. The van der Waals surface area contributed by atoms with E-state index in [2.05, 4.69) is 5.32 Å². The normalized spacial score (nSPS) is 20.9. The molecule has 0 aliphatic carbocycles. The van der Waals surface area contributed by atoms with Gasteiger partial charge in [-0.05, 0) is 18.8 Å². The molecular weight excluding hydrogens is 208 g/mol. The Balaban J connectivity index is 2.41. The van der Waals surface area contributed by atoms with Crippen LogP contribution in [0.4, 0.5) is 4.79 Å². The molecule has 5 nitrogen and oxygen atoms in total. The Bertz CT molecular complexity index is 266. The lowest BCUT2D eigenvalue weighted by Crippen LogP contribution is -2.47. The lowest BCUT2D eigenvalue weighted by molar-refractivity contribution is -0.143. The van der Waals surface area contributed by atoms with Gasteiger partial charge >= 0.3 is 12.0 Å². The number of aliphatic carboxylic acids is 1. The fourth-order valence-corrected chi connectivity index (χ4v) is 1.77. The molecule has 1 saturated heterocycles. The summed E-state index contributed by atoms with van der Waals surface area (Å²) in [5.41, 5.74) is 0. The molecule has 0 aromatic rings. The molecule has 0 radical (unpaired) electrons. The van der Waals surface area contributed by atoms with E-state index < -0.39 is 11.9 Å². The van der Waals surface area contributed by atoms with Crippen LogP contribution in [-0.4, -0.2) is 41.6 Å². The van der Waals surface area contributed by atoms with Gasteiger partial charge in [0.25, 0.3) is 0 Å². The molecule has 1 heterocycles. The highest BCUT2D eigenvalue weighted by atomic mass is 16.4. The van der Waals surface area contributed by atoms with Gasteiger partial charge in [0.15, 0.2) is 0 Å². The smallest absolute Gasteiger partial charge is 0.317 e. The van der Waals surface area contributed by atoms with Crippen LogP contribution in [0, 0.1) is 11.8 Å². The zero-order valence-electron chi connectivity index (χ0n) is 9.90. The van der Waals surface area contributed by atoms with Crippen molar-refractivity contribution in [2.24, 2.45) is 11.8 Å². The summed E-state index contributed by atoms with van der Waals surface area (Å²) >= 11 is 0. The van der Waals surface area contributed by atoms with E-state index in [0.29, 0.717) is 32.0 Å². The molecule has 16 heavy (non-hydrogen) atoms. The van der Waals surface area contributed by atoms with E-state index in [0.717, 1.165) is 6.42 Å². The number of rotatable bonds is 3. The van der Waals surface area contributed by atoms with Gasteiger partial charge in [0.2, 0.25) is 0 Å². The van der Waals surface area contributed by atoms with Crippen LogP contribution in [0.15, 0.2) is 0 Å². The van der Waals surface area contributed by atoms with Crippen molar-refractivity contribution in [3.8, 4) is 0 Å². The number of carboxylic acid groups (broad SMARTS) is 1. The molecule has 1 aliphatic heterocycles. The first kappa shape index (κ1) is 12.8. The summed E-state index contributed by atoms with van der Waals surface area (Å²) in [4.78, 5) is 24.1. The molecule has 92 valence electrons. The van der Waals surface area contributed by atoms with Gasteiger partial charge in [-0.1, -0.05) is 13.8 Å². The highest BCUT2D eigenvalue weighted by molar-refractivity contribution is 5.76. The molecule has 5 heteroatoms. The predicted octanol–water partition coefficient (Wildman–Crippen LogP) is 1.15. The highest BCUT2D eigenvalue weighted by Crippen LogP contribution is 2.16. The summed E-state index contributed by atoms with van der Waals surface area (Å²) in [6, 6.07) is -0.139. The van der Waals surface area contributed by atoms with E-state index in [4.69, 9.17) is 5.11 Å². The zero-order valence-corrected chi connectivity index (χ0v) is 9.90. The average Bonchev–Trinajstić information content (AvgIpc) is 2.26. The predicted molar refractivity (Wildman–Crippen MR) is 60.2 cm³/mol. The summed E-state index contributed by atoms with van der Waals surface area (Å²) in [5.74, 6) is -0.802. The molecule has 0 spiro atoms. The van der Waals surface area contributed by atoms with Gasteiger partial charge in [0.05, 0.1) is 5.92 Å². The minimum atomic E-state index is -0.804. The van der Waals surface area contributed by atoms with Gasteiger partial charge < -0.3 is 15.3 Å². The van der Waals surface area contributed by atoms with E-state index >= 15 is 0 Å². The third-order valence-electron chi connectivity index (χ3n) is 2.72. The number of hydrogen-bond donors (Lipinski definition) is 2. The summed E-state index contributed by atoms with van der Waals surface area (Å²) in [5, 5.41) is 11.7. The summed E-state index contributed by atoms with van der Waals surface area (Å²) < 4.78 is 0. The summed E-state index contributed by atoms with van der Waals surface area (Å²) in [7, 11) is 0. The quantitative estimate of drug-likeness (QED) is 0.761. The fraction of sp³-hybridized carbons (Fsp3) is 0.818. The molecule has 2 N–H and O–H groups in total. The largest absolute Gasteiger partial charge is 0.481 e. The lowest BCUT2D eigenvalue weighted by Gasteiger charge is -2.30. The minimum absolute atomic E-state index is 0.139. The number of carbonyl (C=O) groups excluding carboxylic acids is 1. The first-order chi connectivity index (χ1) is 7.50. The van der Waals surface area contributed by atoms with Gasteiger partial charge in [-0.15, -0.1) is 0 Å². The van der Waals surface area contributed by atoms with E-state index in [1.165, 1.54) is 0 Å². The number of likely N-dealkylation sites (tertiary alicyclic amines) is 1. The number of nitrogens with one attached hydrogen (secondary N) is 1. The molecule has 1 fully saturated rings. The number of carbonyl (C=O) groups is 2. The average molecular weight is 228 g/mol. The second-order valence-electron chi connectivity index (χ2n) is 4.70. The van der Waals surface area contributed by atoms with Crippen molar-refractivity contribution in [1.29, 1.82) is 0 Å². The van der Waals surface area contributed by atoms with Crippen molar-refractivity contribution >= 4 is 12.0 Å². The van der Waals surface area contributed by atoms with Gasteiger partial charge in [-0.3, -0.25) is 4.79 Å². The Labute approximate surface area is 95.8 Å². The maximum atomic E-state index is 11.7. The number of piperidine rings is 1. The number of urea groups is 1. The number of amides is 2. The molecule has 0 saturated carbocycles. The Kier molecular flexibility index (Phi) is 4.58. The van der Waals surface area contributed by atoms with E-state index in [-0.39, 0.29) is 6.03 Å². The van der Waals surface area contributed by atoms with Crippen molar-refractivity contribution in [2.45, 2.75) is 26.7 Å². The standard InChI is InChI=1S/C11H20N2O3/c1-8(2)6-12-11(16)13-5-3-4-9(7-13)10(14)15/h8-9H,3-7H2,1-2H3,(H,12,16)(H,14,15)/t9-/m0/s1. The molecule has 0 bridgehead atoms. The van der Waals surface area contributed by atoms with Gasteiger partial charge in [0, 0.05) is 19.6 Å². The molecule has 0 aromatic heterocycles. The number of hydrogen-bond acceptors (Lipinski definition) is 2. The third-order valence-corrected chi connectivity index (χ3v) is 2.72. The molecular formula is C11H20N2O3. The topological polar surface area (TPSA) is 69.6 Å². The SMILES string of the molecule is CC(C)CNC(=O)N1CCC[C@H](C(=O)O)C1. The molecule has 0 aromatic carbocycles. The summed E-state index contributed by atoms with van der Waals surface area (Å²) in [6.45, 7) is 5.67. The maximum absolute atomic E-state index is 11.7. The van der Waals surface area contributed by atoms with Crippen LogP contribution in [-0.2, 0) is 4.79 Å². The number of carboxylic acids is 1. The Morgan fingerprint density at radius 1 is 1.50 bits per heavy atom. The van der Waals surface area contributed by atoms with Crippen LogP contribution in [0.5, 0.6) is 0 Å². The summed E-state index contributed by atoms with van der Waals surface area (Å²) in [6.07, 6.45) is 1.44. The zero-order chi connectivity index (χ0) is 12.1. The van der Waals surface area contributed by atoms with Gasteiger partial charge in [-0.2, -0.15) is 0 Å². The van der Waals surface area contributed by atoms with Crippen LogP contribution in [0.2, 0.25) is 0 Å². The van der Waals surface area contributed by atoms with E-state index in [9.17, 15) is 9.59 Å². The maximum Gasteiger partial charge on any atom is 0.317 e. The monoisotopic (exact) mass is 228 g/mol. The van der Waals surface area contributed by atoms with Gasteiger partial charge in [-0.25, -0.2) is 4.79 Å². The second kappa shape index (κ2) is 5.72. The van der Waals surface area contributed by atoms with Gasteiger partial charge in [0.1, 0.15) is 0 Å². The fourth-order valence-electron chi connectivity index (χ4n) is 1.77. The van der Waals surface area contributed by atoms with Crippen LogP contribution in [0.1, 0.15) is 26.7 Å². The molecule has 1 aliphatic rings. The Morgan fingerprint density at radius 3 is 2.75 bits per heavy atom. The second-order valence-corrected chi connectivity index (χ2v) is 4.70. The lowest BCUT2D eigenvalue weighted by atomic mass is 9.99. The minimum Gasteiger partial charge on any atom is -0.481 e. The van der Waals surface area contributed by atoms with Crippen LogP contribution in [0.3, 0.4) is 0 Å². The van der Waals surface area contributed by atoms with Crippen molar-refractivity contribution in [3.05, 3.63) is 0 Å². The van der Waals surface area contributed by atoms with E-state index in [1.54, 1.807) is 4.90 Å². The van der Waals surface area contributed by atoms with Crippen LogP contribution in [0.25, 0.3) is 0 Å². The molecule has 0 unspecified atom stereocenters. The van der Waals surface area contributed by atoms with Crippen molar-refractivity contribution in [2.75, 3.05) is 19.6 Å². The third kappa shape index (κ3) is 3.72. The molecule has 1 rings (SSSR count). The van der Waals surface area contributed by atoms with Crippen molar-refractivity contribution < 1.29 is 14.7 Å². The molecule has 1 atom stereocenters. The first-order valence-corrected chi connectivity index (χ1v) is 5.76. The van der Waals surface area contributed by atoms with Crippen LogP contribution >= 0.6 is 0 Å². The van der Waals surface area contributed by atoms with Crippen LogP contribution < -0.4 is 5.32 Å². The van der Waals surface area contributed by atoms with E-state index in [1.807, 2.05) is 13.8 Å². The Hall–Kier alpha value is -1.26. The first-order valence-electron chi connectivity index (χ1n) is 5.76. The highest BCUT2D eigenvalue weighted by Gasteiger charge is 2.27. The van der Waals surface area contributed by atoms with Crippen molar-refractivity contribution in [3.63, 3.8) is 0 Å². The number of nitrogens with zero attached hydrogens (tertiary/aromatic N) is 1. The van der Waals surface area contributed by atoms with Crippen molar-refractivity contribution in [1.82, 2.24) is 10.2 Å². The molecule has 2 amide bonds.